The van der Waals surface area contributed by atoms with Crippen molar-refractivity contribution in [2.75, 3.05) is 6.61 Å². The molecule has 6 nitrogen and oxygen atoms in total. The van der Waals surface area contributed by atoms with Crippen molar-refractivity contribution in [2.45, 2.75) is 69.0 Å². The van der Waals surface area contributed by atoms with Gasteiger partial charge in [0.1, 0.15) is 6.10 Å². The first-order valence-corrected chi connectivity index (χ1v) is 8.99. The predicted octanol–water partition coefficient (Wildman–Crippen LogP) is 4.27. The van der Waals surface area contributed by atoms with Gasteiger partial charge in [0.25, 0.3) is 5.91 Å². The minimum Gasteiger partial charge on any atom is -0.464 e. The average molecular weight is 567 g/mol. The molecule has 36 heavy (non-hydrogen) atoms. The lowest BCUT2D eigenvalue weighted by atomic mass is 10.1. The molecule has 0 spiro atoms. The molecule has 1 amide bonds. The first kappa shape index (κ1) is 33.4. The van der Waals surface area contributed by atoms with E-state index in [9.17, 15) is 75.8 Å². The Kier molecular flexibility index (Phi) is 9.68. The summed E-state index contributed by atoms with van der Waals surface area (Å²) >= 11 is 0. The van der Waals surface area contributed by atoms with Crippen LogP contribution < -0.4 is 5.32 Å². The molecule has 2 atom stereocenters. The molecule has 0 aliphatic carbocycles. The van der Waals surface area contributed by atoms with Gasteiger partial charge >= 0.3 is 48.0 Å². The molecule has 0 aromatic rings. The maximum Gasteiger partial charge on any atom is 0.460 e. The summed E-state index contributed by atoms with van der Waals surface area (Å²) < 4.78 is 187. The summed E-state index contributed by atoms with van der Waals surface area (Å²) in [6.07, 6.45) is -17.1. The zero-order valence-corrected chi connectivity index (χ0v) is 17.8. The Labute approximate surface area is 191 Å². The molecule has 0 radical (unpaired) electrons. The highest BCUT2D eigenvalue weighted by Crippen LogP contribution is 2.48. The minimum atomic E-state index is -7.09. The lowest BCUT2D eigenvalue weighted by Crippen LogP contribution is -2.63. The van der Waals surface area contributed by atoms with Crippen LogP contribution in [-0.4, -0.2) is 72.6 Å². The lowest BCUT2D eigenvalue weighted by molar-refractivity contribution is -0.349. The molecule has 0 aromatic carbocycles. The van der Waals surface area contributed by atoms with Gasteiger partial charge in [-0.3, -0.25) is 4.79 Å². The molecule has 0 saturated heterocycles. The number of nitrogens with one attached hydrogen (secondary N) is 1. The van der Waals surface area contributed by atoms with E-state index in [-0.39, 0.29) is 6.92 Å². The Balaban J connectivity index is 6.15. The van der Waals surface area contributed by atoms with Crippen molar-refractivity contribution in [1.29, 1.82) is 0 Å². The molecule has 20 heteroatoms. The third-order valence-electron chi connectivity index (χ3n) is 3.90. The normalized spacial score (nSPS) is 15.8. The first-order valence-electron chi connectivity index (χ1n) is 8.99. The van der Waals surface area contributed by atoms with Crippen molar-refractivity contribution in [3.63, 3.8) is 0 Å². The van der Waals surface area contributed by atoms with E-state index in [0.29, 0.717) is 5.32 Å². The van der Waals surface area contributed by atoms with Gasteiger partial charge < -0.3 is 14.8 Å². The minimum absolute atomic E-state index is 0.126. The number of hydrogen-bond donors (Lipinski definition) is 1. The molecular weight excluding hydrogens is 552 g/mol. The Hall–Kier alpha value is -2.57. The van der Waals surface area contributed by atoms with Crippen LogP contribution in [0.25, 0.3) is 0 Å². The van der Waals surface area contributed by atoms with Gasteiger partial charge in [-0.1, -0.05) is 13.8 Å². The Morgan fingerprint density at radius 2 is 1.08 bits per heavy atom. The molecule has 0 bridgehead atoms. The molecule has 0 rings (SSSR count). The number of hydrogen-bond acceptors (Lipinski definition) is 5. The molecule has 2 unspecified atom stereocenters. The Morgan fingerprint density at radius 3 is 1.44 bits per heavy atom. The van der Waals surface area contributed by atoms with Crippen molar-refractivity contribution >= 4 is 17.8 Å². The maximum absolute atomic E-state index is 13.5. The largest absolute Gasteiger partial charge is 0.464 e. The van der Waals surface area contributed by atoms with E-state index in [4.69, 9.17) is 0 Å². The van der Waals surface area contributed by atoms with Crippen molar-refractivity contribution in [2.24, 2.45) is 5.92 Å². The lowest BCUT2D eigenvalue weighted by Gasteiger charge is -2.31. The van der Waals surface area contributed by atoms with Gasteiger partial charge in [0.05, 0.1) is 6.61 Å². The number of amides is 1. The van der Waals surface area contributed by atoms with Crippen LogP contribution in [0, 0.1) is 5.92 Å². The predicted molar refractivity (Wildman–Crippen MR) is 85.2 cm³/mol. The highest BCUT2D eigenvalue weighted by molar-refractivity contribution is 5.90. The van der Waals surface area contributed by atoms with E-state index in [0.717, 1.165) is 0 Å². The van der Waals surface area contributed by atoms with E-state index in [1.165, 1.54) is 13.8 Å². The topological polar surface area (TPSA) is 81.7 Å². The average Bonchev–Trinajstić information content (AvgIpc) is 2.67. The Bertz CT molecular complexity index is 821. The second-order valence-corrected chi connectivity index (χ2v) is 7.38. The van der Waals surface area contributed by atoms with Crippen molar-refractivity contribution in [3.8, 4) is 0 Å². The number of carbonyl (C=O) groups is 3. The van der Waals surface area contributed by atoms with Crippen LogP contribution in [0.4, 0.5) is 61.5 Å². The monoisotopic (exact) mass is 567 g/mol. The summed E-state index contributed by atoms with van der Waals surface area (Å²) in [7, 11) is 0. The highest BCUT2D eigenvalue weighted by Gasteiger charge is 2.78. The molecule has 0 heterocycles. The standard InChI is InChI=1S/C16H15F14NO5/c1-5(2)4-35-8(32)7(31-9(33)11(17,18)13(21,22)15(25,26)27)6(3)36-10(34)12(19,20)14(23,24)16(28,29)30/h5-7H,4H2,1-3H3,(H,31,33). The number of ether oxygens (including phenoxy) is 2. The van der Waals surface area contributed by atoms with Crippen LogP contribution in [0.1, 0.15) is 20.8 Å². The van der Waals surface area contributed by atoms with Gasteiger partial charge in [0, 0.05) is 0 Å². The van der Waals surface area contributed by atoms with Crippen molar-refractivity contribution < 1.29 is 85.3 Å². The molecule has 0 aromatic heterocycles. The number of halogens is 14. The van der Waals surface area contributed by atoms with Gasteiger partial charge in [-0.15, -0.1) is 0 Å². The summed E-state index contributed by atoms with van der Waals surface area (Å²) in [6.45, 7) is 2.02. The van der Waals surface area contributed by atoms with Crippen LogP contribution in [0.2, 0.25) is 0 Å². The summed E-state index contributed by atoms with van der Waals surface area (Å²) in [5.41, 5.74) is 0. The highest BCUT2D eigenvalue weighted by atomic mass is 19.4. The molecule has 0 aliphatic rings. The van der Waals surface area contributed by atoms with E-state index in [1.54, 1.807) is 0 Å². The van der Waals surface area contributed by atoms with Crippen LogP contribution in [0.5, 0.6) is 0 Å². The molecule has 212 valence electrons. The summed E-state index contributed by atoms with van der Waals surface area (Å²) in [5.74, 6) is -37.7. The zero-order chi connectivity index (χ0) is 29.3. The third-order valence-corrected chi connectivity index (χ3v) is 3.90. The molecule has 0 aliphatic heterocycles. The quantitative estimate of drug-likeness (QED) is 0.315. The van der Waals surface area contributed by atoms with Crippen molar-refractivity contribution in [3.05, 3.63) is 0 Å². The summed E-state index contributed by atoms with van der Waals surface area (Å²) in [4.78, 5) is 34.8. The van der Waals surface area contributed by atoms with E-state index >= 15 is 0 Å². The van der Waals surface area contributed by atoms with Crippen LogP contribution >= 0.6 is 0 Å². The van der Waals surface area contributed by atoms with Crippen LogP contribution in [0.3, 0.4) is 0 Å². The van der Waals surface area contributed by atoms with E-state index in [2.05, 4.69) is 9.47 Å². The summed E-state index contributed by atoms with van der Waals surface area (Å²) in [6, 6.07) is -3.16. The second kappa shape index (κ2) is 10.4. The fourth-order valence-corrected chi connectivity index (χ4v) is 1.88. The SMILES string of the molecule is CC(C)COC(=O)C(NC(=O)C(F)(F)C(F)(F)C(F)(F)F)C(C)OC(=O)C(F)(F)C(F)(F)C(F)(F)F. The van der Waals surface area contributed by atoms with E-state index in [1.807, 2.05) is 0 Å². The first-order chi connectivity index (χ1) is 15.7. The van der Waals surface area contributed by atoms with Gasteiger partial charge in [0.2, 0.25) is 0 Å². The van der Waals surface area contributed by atoms with Crippen LogP contribution in [-0.2, 0) is 23.9 Å². The fraction of sp³-hybridized carbons (Fsp3) is 0.812. The number of carbonyl (C=O) groups excluding carboxylic acids is 3. The summed E-state index contributed by atoms with van der Waals surface area (Å²) in [5, 5.41) is 0.509. The molecule has 0 fully saturated rings. The van der Waals surface area contributed by atoms with E-state index < -0.39 is 78.6 Å². The fourth-order valence-electron chi connectivity index (χ4n) is 1.88. The number of alkyl halides is 14. The van der Waals surface area contributed by atoms with Gasteiger partial charge in [-0.05, 0) is 12.8 Å². The smallest absolute Gasteiger partial charge is 0.460 e. The zero-order valence-electron chi connectivity index (χ0n) is 17.8. The Morgan fingerprint density at radius 1 is 0.694 bits per heavy atom. The van der Waals surface area contributed by atoms with Crippen molar-refractivity contribution in [1.82, 2.24) is 5.32 Å². The van der Waals surface area contributed by atoms with Crippen LogP contribution in [0.15, 0.2) is 0 Å². The van der Waals surface area contributed by atoms with Gasteiger partial charge in [0.15, 0.2) is 6.04 Å². The molecular formula is C16H15F14NO5. The second-order valence-electron chi connectivity index (χ2n) is 7.38. The third kappa shape index (κ3) is 6.60. The number of esters is 2. The molecule has 0 saturated carbocycles. The maximum atomic E-state index is 13.5. The van der Waals surface area contributed by atoms with Gasteiger partial charge in [-0.25, -0.2) is 9.59 Å². The molecule has 1 N–H and O–H groups in total. The van der Waals surface area contributed by atoms with Gasteiger partial charge in [-0.2, -0.15) is 61.5 Å². The number of rotatable bonds is 10.